The Hall–Kier alpha value is -0.450. The summed E-state index contributed by atoms with van der Waals surface area (Å²) in [5.74, 6) is 0. The third kappa shape index (κ3) is 3.01. The van der Waals surface area contributed by atoms with Crippen molar-refractivity contribution in [2.75, 3.05) is 19.6 Å². The Morgan fingerprint density at radius 2 is 2.05 bits per heavy atom. The summed E-state index contributed by atoms with van der Waals surface area (Å²) in [6.07, 6.45) is 2.40. The van der Waals surface area contributed by atoms with E-state index in [1.807, 2.05) is 11.3 Å². The van der Waals surface area contributed by atoms with Crippen molar-refractivity contribution in [2.24, 2.45) is 0 Å². The molecule has 0 saturated carbocycles. The van der Waals surface area contributed by atoms with Crippen LogP contribution >= 0.6 is 11.3 Å². The van der Waals surface area contributed by atoms with Crippen LogP contribution in [0.15, 0.2) is 0 Å². The SMILES string of the molecule is CCC1(CC)CN(C(C)c2sc(C)nc2C)CCN1. The first kappa shape index (κ1) is 14.9. The van der Waals surface area contributed by atoms with E-state index < -0.39 is 0 Å². The molecule has 0 bridgehead atoms. The van der Waals surface area contributed by atoms with Gasteiger partial charge in [0.1, 0.15) is 0 Å². The number of nitrogens with one attached hydrogen (secondary N) is 1. The largest absolute Gasteiger partial charge is 0.309 e. The molecule has 1 N–H and O–H groups in total. The minimum absolute atomic E-state index is 0.306. The lowest BCUT2D eigenvalue weighted by atomic mass is 9.89. The van der Waals surface area contributed by atoms with Gasteiger partial charge in [-0.2, -0.15) is 0 Å². The van der Waals surface area contributed by atoms with Gasteiger partial charge >= 0.3 is 0 Å². The fraction of sp³-hybridized carbons (Fsp3) is 0.800. The molecule has 2 rings (SSSR count). The predicted octanol–water partition coefficient (Wildman–Crippen LogP) is 3.28. The standard InChI is InChI=1S/C15H27N3S/c1-6-15(7-2)10-18(9-8-16-15)12(4)14-11(3)17-13(5)19-14/h12,16H,6-10H2,1-5H3. The van der Waals surface area contributed by atoms with Crippen LogP contribution in [0.4, 0.5) is 0 Å². The Kier molecular flexibility index (Phi) is 4.64. The summed E-state index contributed by atoms with van der Waals surface area (Å²) in [6, 6.07) is 0.491. The summed E-state index contributed by atoms with van der Waals surface area (Å²) in [5, 5.41) is 4.92. The maximum Gasteiger partial charge on any atom is 0.0900 e. The van der Waals surface area contributed by atoms with Gasteiger partial charge in [-0.15, -0.1) is 11.3 Å². The van der Waals surface area contributed by atoms with Crippen LogP contribution in [0.3, 0.4) is 0 Å². The van der Waals surface area contributed by atoms with Crippen LogP contribution in [0.2, 0.25) is 0 Å². The van der Waals surface area contributed by atoms with Crippen molar-refractivity contribution in [3.63, 3.8) is 0 Å². The zero-order valence-electron chi connectivity index (χ0n) is 12.9. The summed E-state index contributed by atoms with van der Waals surface area (Å²) in [5.41, 5.74) is 1.52. The number of hydrogen-bond acceptors (Lipinski definition) is 4. The molecule has 0 amide bonds. The molecule has 0 aromatic carbocycles. The van der Waals surface area contributed by atoms with Crippen molar-refractivity contribution < 1.29 is 0 Å². The van der Waals surface area contributed by atoms with Gasteiger partial charge in [-0.05, 0) is 33.6 Å². The highest BCUT2D eigenvalue weighted by Gasteiger charge is 2.34. The van der Waals surface area contributed by atoms with Crippen LogP contribution in [-0.4, -0.2) is 35.1 Å². The van der Waals surface area contributed by atoms with Gasteiger partial charge < -0.3 is 5.32 Å². The molecule has 108 valence electrons. The first-order chi connectivity index (χ1) is 9.01. The van der Waals surface area contributed by atoms with E-state index in [0.717, 1.165) is 19.6 Å². The fourth-order valence-electron chi connectivity index (χ4n) is 3.14. The second-order valence-corrected chi connectivity index (χ2v) is 6.98. The zero-order valence-corrected chi connectivity index (χ0v) is 13.7. The normalized spacial score (nSPS) is 21.5. The molecule has 3 nitrogen and oxygen atoms in total. The molecule has 1 atom stereocenters. The summed E-state index contributed by atoms with van der Waals surface area (Å²) in [6.45, 7) is 14.6. The fourth-order valence-corrected chi connectivity index (χ4v) is 4.16. The van der Waals surface area contributed by atoms with Crippen LogP contribution in [-0.2, 0) is 0 Å². The second kappa shape index (κ2) is 5.90. The van der Waals surface area contributed by atoms with E-state index in [4.69, 9.17) is 0 Å². The van der Waals surface area contributed by atoms with Crippen LogP contribution < -0.4 is 5.32 Å². The first-order valence-corrected chi connectivity index (χ1v) is 8.26. The van der Waals surface area contributed by atoms with Crippen molar-refractivity contribution in [3.8, 4) is 0 Å². The van der Waals surface area contributed by atoms with Crippen LogP contribution in [0.1, 0.15) is 55.2 Å². The molecule has 19 heavy (non-hydrogen) atoms. The Morgan fingerprint density at radius 1 is 1.37 bits per heavy atom. The number of aromatic nitrogens is 1. The van der Waals surface area contributed by atoms with Gasteiger partial charge in [0.15, 0.2) is 0 Å². The highest BCUT2D eigenvalue weighted by atomic mass is 32.1. The Morgan fingerprint density at radius 3 is 2.58 bits per heavy atom. The summed E-state index contributed by atoms with van der Waals surface area (Å²) >= 11 is 1.86. The molecular formula is C15H27N3S. The predicted molar refractivity (Wildman–Crippen MR) is 82.9 cm³/mol. The van der Waals surface area contributed by atoms with Gasteiger partial charge in [-0.1, -0.05) is 13.8 Å². The number of rotatable bonds is 4. The Balaban J connectivity index is 2.15. The molecule has 1 aliphatic heterocycles. The number of thiazole rings is 1. The third-order valence-electron chi connectivity index (χ3n) is 4.62. The molecule has 1 fully saturated rings. The molecular weight excluding hydrogens is 254 g/mol. The number of nitrogens with zero attached hydrogens (tertiary/aromatic N) is 2. The molecule has 1 unspecified atom stereocenters. The molecule has 1 aliphatic rings. The molecule has 4 heteroatoms. The molecule has 0 spiro atoms. The monoisotopic (exact) mass is 281 g/mol. The number of hydrogen-bond donors (Lipinski definition) is 1. The van der Waals surface area contributed by atoms with Gasteiger partial charge in [0.25, 0.3) is 0 Å². The van der Waals surface area contributed by atoms with E-state index in [-0.39, 0.29) is 0 Å². The number of piperazine rings is 1. The Bertz CT molecular complexity index is 423. The summed E-state index contributed by atoms with van der Waals surface area (Å²) in [7, 11) is 0. The van der Waals surface area contributed by atoms with Crippen LogP contribution in [0.5, 0.6) is 0 Å². The molecule has 0 aliphatic carbocycles. The molecule has 1 saturated heterocycles. The average Bonchev–Trinajstić information content (AvgIpc) is 2.77. The van der Waals surface area contributed by atoms with E-state index in [9.17, 15) is 0 Å². The third-order valence-corrected chi connectivity index (χ3v) is 5.87. The van der Waals surface area contributed by atoms with Crippen LogP contribution in [0, 0.1) is 13.8 Å². The lowest BCUT2D eigenvalue weighted by molar-refractivity contribution is 0.0929. The highest BCUT2D eigenvalue weighted by molar-refractivity contribution is 7.11. The first-order valence-electron chi connectivity index (χ1n) is 7.44. The lowest BCUT2D eigenvalue weighted by Gasteiger charge is -2.45. The molecule has 1 aromatic heterocycles. The van der Waals surface area contributed by atoms with Crippen molar-refractivity contribution in [1.82, 2.24) is 15.2 Å². The van der Waals surface area contributed by atoms with Gasteiger partial charge in [0, 0.05) is 36.1 Å². The van der Waals surface area contributed by atoms with Crippen molar-refractivity contribution in [2.45, 2.75) is 59.0 Å². The van der Waals surface area contributed by atoms with Crippen LogP contribution in [0.25, 0.3) is 0 Å². The Labute approximate surface area is 121 Å². The summed E-state index contributed by atoms with van der Waals surface area (Å²) in [4.78, 5) is 8.65. The summed E-state index contributed by atoms with van der Waals surface area (Å²) < 4.78 is 0. The van der Waals surface area contributed by atoms with Crippen molar-refractivity contribution in [1.29, 1.82) is 0 Å². The number of aryl methyl sites for hydroxylation is 2. The molecule has 1 aromatic rings. The maximum absolute atomic E-state index is 4.58. The van der Waals surface area contributed by atoms with E-state index in [1.165, 1.54) is 28.4 Å². The quantitative estimate of drug-likeness (QED) is 0.918. The molecule has 0 radical (unpaired) electrons. The minimum Gasteiger partial charge on any atom is -0.309 e. The zero-order chi connectivity index (χ0) is 14.0. The maximum atomic E-state index is 4.58. The highest BCUT2D eigenvalue weighted by Crippen LogP contribution is 2.32. The molecule has 2 heterocycles. The van der Waals surface area contributed by atoms with E-state index in [0.29, 0.717) is 11.6 Å². The van der Waals surface area contributed by atoms with E-state index in [1.54, 1.807) is 0 Å². The van der Waals surface area contributed by atoms with E-state index >= 15 is 0 Å². The van der Waals surface area contributed by atoms with Crippen molar-refractivity contribution in [3.05, 3.63) is 15.6 Å². The average molecular weight is 281 g/mol. The van der Waals surface area contributed by atoms with Gasteiger partial charge in [-0.25, -0.2) is 4.98 Å². The van der Waals surface area contributed by atoms with Gasteiger partial charge in [0.2, 0.25) is 0 Å². The van der Waals surface area contributed by atoms with E-state index in [2.05, 4.69) is 49.8 Å². The topological polar surface area (TPSA) is 28.2 Å². The van der Waals surface area contributed by atoms with Gasteiger partial charge in [0.05, 0.1) is 10.7 Å². The minimum atomic E-state index is 0.306. The second-order valence-electron chi connectivity index (χ2n) is 5.74. The smallest absolute Gasteiger partial charge is 0.0900 e. The van der Waals surface area contributed by atoms with Gasteiger partial charge in [-0.3, -0.25) is 4.90 Å². The lowest BCUT2D eigenvalue weighted by Crippen LogP contribution is -2.60. The van der Waals surface area contributed by atoms with Crippen molar-refractivity contribution >= 4 is 11.3 Å².